The molecule has 0 unspecified atom stereocenters. The maximum Gasteiger partial charge on any atom is 0.327 e. The zero-order chi connectivity index (χ0) is 13.7. The van der Waals surface area contributed by atoms with Gasteiger partial charge in [-0.05, 0) is 33.6 Å². The molecule has 0 spiro atoms. The highest BCUT2D eigenvalue weighted by Crippen LogP contribution is 2.10. The van der Waals surface area contributed by atoms with E-state index >= 15 is 0 Å². The molecule has 0 aromatic heterocycles. The lowest BCUT2D eigenvalue weighted by molar-refractivity contribution is -0.124. The Morgan fingerprint density at radius 3 is 2.39 bits per heavy atom. The van der Waals surface area contributed by atoms with E-state index in [2.05, 4.69) is 19.9 Å². The number of imide groups is 1. The second kappa shape index (κ2) is 6.38. The first kappa shape index (κ1) is 14.5. The molecule has 3 amide bonds. The van der Waals surface area contributed by atoms with Gasteiger partial charge in [-0.25, -0.2) is 4.79 Å². The molecular weight excluding hydrogens is 228 g/mol. The topological polar surface area (TPSA) is 40.6 Å². The summed E-state index contributed by atoms with van der Waals surface area (Å²) in [6, 6.07) is -0.201. The van der Waals surface area contributed by atoms with E-state index in [-0.39, 0.29) is 18.5 Å². The van der Waals surface area contributed by atoms with Crippen LogP contribution in [0.2, 0.25) is 0 Å². The average Bonchev–Trinajstić information content (AvgIpc) is 2.50. The molecule has 1 aliphatic heterocycles. The molecule has 1 aliphatic rings. The van der Waals surface area contributed by atoms with Crippen LogP contribution in [0.5, 0.6) is 0 Å². The van der Waals surface area contributed by atoms with Crippen molar-refractivity contribution < 1.29 is 9.59 Å². The molecule has 1 heterocycles. The summed E-state index contributed by atoms with van der Waals surface area (Å²) in [4.78, 5) is 25.9. The molecule has 0 N–H and O–H groups in total. The maximum atomic E-state index is 11.6. The van der Waals surface area contributed by atoms with Crippen molar-refractivity contribution in [1.29, 1.82) is 0 Å². The molecule has 0 aromatic rings. The first-order chi connectivity index (χ1) is 8.41. The lowest BCUT2D eigenvalue weighted by Crippen LogP contribution is -2.31. The minimum Gasteiger partial charge on any atom is -0.318 e. The molecule has 1 saturated heterocycles. The molecule has 0 aromatic carbocycles. The van der Waals surface area contributed by atoms with E-state index in [1.807, 2.05) is 13.0 Å². The number of hydrogen-bond acceptors (Lipinski definition) is 2. The number of carbonyl (C=O) groups excluding carboxylic acids is 2. The van der Waals surface area contributed by atoms with Gasteiger partial charge in [0.15, 0.2) is 0 Å². The summed E-state index contributed by atoms with van der Waals surface area (Å²) in [5.41, 5.74) is 2.52. The quantitative estimate of drug-likeness (QED) is 0.556. The average molecular weight is 250 g/mol. The third kappa shape index (κ3) is 4.02. The smallest absolute Gasteiger partial charge is 0.318 e. The van der Waals surface area contributed by atoms with Crippen LogP contribution < -0.4 is 0 Å². The largest absolute Gasteiger partial charge is 0.327 e. The molecule has 4 nitrogen and oxygen atoms in total. The summed E-state index contributed by atoms with van der Waals surface area (Å²) in [5, 5.41) is 0. The normalized spacial score (nSPS) is 16.6. The Hall–Kier alpha value is -1.58. The SMILES string of the molecule is CC(C)=CCC/C(C)=C/CN1C(=O)CN(C)C1=O. The lowest BCUT2D eigenvalue weighted by atomic mass is 10.1. The minimum atomic E-state index is -0.201. The van der Waals surface area contributed by atoms with Gasteiger partial charge in [0.1, 0.15) is 6.54 Å². The van der Waals surface area contributed by atoms with Gasteiger partial charge in [-0.2, -0.15) is 0 Å². The highest BCUT2D eigenvalue weighted by Gasteiger charge is 2.32. The number of likely N-dealkylation sites (N-methyl/N-ethyl adjacent to an activating group) is 1. The van der Waals surface area contributed by atoms with E-state index in [0.717, 1.165) is 12.8 Å². The zero-order valence-corrected chi connectivity index (χ0v) is 11.7. The highest BCUT2D eigenvalue weighted by molar-refractivity contribution is 6.01. The number of rotatable bonds is 5. The minimum absolute atomic E-state index is 0.115. The van der Waals surface area contributed by atoms with Gasteiger partial charge < -0.3 is 4.90 Å². The van der Waals surface area contributed by atoms with E-state index in [0.29, 0.717) is 6.54 Å². The molecule has 1 fully saturated rings. The molecular formula is C14H22N2O2. The number of hydrogen-bond donors (Lipinski definition) is 0. The lowest BCUT2D eigenvalue weighted by Gasteiger charge is -2.12. The van der Waals surface area contributed by atoms with Crippen molar-refractivity contribution in [3.63, 3.8) is 0 Å². The Kier molecular flexibility index (Phi) is 5.13. The summed E-state index contributed by atoms with van der Waals surface area (Å²) in [5.74, 6) is -0.115. The van der Waals surface area contributed by atoms with Crippen LogP contribution in [0.1, 0.15) is 33.6 Å². The third-order valence-electron chi connectivity index (χ3n) is 2.94. The van der Waals surface area contributed by atoms with Gasteiger partial charge in [0, 0.05) is 13.6 Å². The fraction of sp³-hybridized carbons (Fsp3) is 0.571. The molecule has 18 heavy (non-hydrogen) atoms. The van der Waals surface area contributed by atoms with E-state index in [9.17, 15) is 9.59 Å². The van der Waals surface area contributed by atoms with Gasteiger partial charge in [-0.15, -0.1) is 0 Å². The van der Waals surface area contributed by atoms with Gasteiger partial charge in [0.2, 0.25) is 0 Å². The third-order valence-corrected chi connectivity index (χ3v) is 2.94. The van der Waals surface area contributed by atoms with Crippen LogP contribution in [0.3, 0.4) is 0 Å². The van der Waals surface area contributed by atoms with Crippen molar-refractivity contribution in [1.82, 2.24) is 9.80 Å². The Morgan fingerprint density at radius 2 is 1.89 bits per heavy atom. The molecule has 1 rings (SSSR count). The number of urea groups is 1. The maximum absolute atomic E-state index is 11.6. The summed E-state index contributed by atoms with van der Waals surface area (Å²) < 4.78 is 0. The van der Waals surface area contributed by atoms with Crippen LogP contribution in [-0.4, -0.2) is 41.9 Å². The van der Waals surface area contributed by atoms with Gasteiger partial charge in [0.25, 0.3) is 5.91 Å². The van der Waals surface area contributed by atoms with Gasteiger partial charge in [0.05, 0.1) is 0 Å². The molecule has 0 aliphatic carbocycles. The van der Waals surface area contributed by atoms with Crippen LogP contribution in [0, 0.1) is 0 Å². The predicted octanol–water partition coefficient (Wildman–Crippen LogP) is 2.57. The highest BCUT2D eigenvalue weighted by atomic mass is 16.2. The van der Waals surface area contributed by atoms with Crippen LogP contribution in [0.4, 0.5) is 4.79 Å². The standard InChI is InChI=1S/C14H22N2O2/c1-11(2)6-5-7-12(3)8-9-16-13(17)10-15(4)14(16)18/h6,8H,5,7,9-10H2,1-4H3/b12-8+. The van der Waals surface area contributed by atoms with Crippen LogP contribution >= 0.6 is 0 Å². The summed E-state index contributed by atoms with van der Waals surface area (Å²) in [7, 11) is 1.64. The zero-order valence-electron chi connectivity index (χ0n) is 11.7. The fourth-order valence-electron chi connectivity index (χ4n) is 1.79. The van der Waals surface area contributed by atoms with Crippen molar-refractivity contribution in [2.75, 3.05) is 20.1 Å². The van der Waals surface area contributed by atoms with Crippen molar-refractivity contribution >= 4 is 11.9 Å². The summed E-state index contributed by atoms with van der Waals surface area (Å²) in [6.45, 7) is 6.78. The van der Waals surface area contributed by atoms with Gasteiger partial charge in [-0.3, -0.25) is 9.69 Å². The van der Waals surface area contributed by atoms with Crippen molar-refractivity contribution in [2.24, 2.45) is 0 Å². The first-order valence-electron chi connectivity index (χ1n) is 6.26. The number of carbonyl (C=O) groups is 2. The second-order valence-corrected chi connectivity index (χ2v) is 5.01. The Labute approximate surface area is 109 Å². The molecule has 0 bridgehead atoms. The monoisotopic (exact) mass is 250 g/mol. The van der Waals surface area contributed by atoms with Crippen LogP contribution in [0.25, 0.3) is 0 Å². The van der Waals surface area contributed by atoms with Crippen molar-refractivity contribution in [3.8, 4) is 0 Å². The summed E-state index contributed by atoms with van der Waals surface area (Å²) in [6.07, 6.45) is 6.13. The predicted molar refractivity (Wildman–Crippen MR) is 72.2 cm³/mol. The second-order valence-electron chi connectivity index (χ2n) is 5.01. The van der Waals surface area contributed by atoms with E-state index in [1.165, 1.54) is 20.9 Å². The van der Waals surface area contributed by atoms with Gasteiger partial charge >= 0.3 is 6.03 Å². The molecule has 4 heteroatoms. The Balaban J connectivity index is 2.46. The summed E-state index contributed by atoms with van der Waals surface area (Å²) >= 11 is 0. The Bertz CT molecular complexity index is 393. The molecule has 0 saturated carbocycles. The van der Waals surface area contributed by atoms with Gasteiger partial charge in [-0.1, -0.05) is 23.3 Å². The molecule has 0 radical (unpaired) electrons. The first-order valence-corrected chi connectivity index (χ1v) is 6.26. The van der Waals surface area contributed by atoms with Crippen LogP contribution in [0.15, 0.2) is 23.3 Å². The number of nitrogens with zero attached hydrogens (tertiary/aromatic N) is 2. The fourth-order valence-corrected chi connectivity index (χ4v) is 1.79. The van der Waals surface area contributed by atoms with Crippen LogP contribution in [-0.2, 0) is 4.79 Å². The Morgan fingerprint density at radius 1 is 1.22 bits per heavy atom. The van der Waals surface area contributed by atoms with Crippen molar-refractivity contribution in [3.05, 3.63) is 23.3 Å². The molecule has 100 valence electrons. The number of amides is 3. The van der Waals surface area contributed by atoms with E-state index in [4.69, 9.17) is 0 Å². The number of allylic oxidation sites excluding steroid dienone is 3. The van der Waals surface area contributed by atoms with E-state index in [1.54, 1.807) is 7.05 Å². The molecule has 0 atom stereocenters. The van der Waals surface area contributed by atoms with E-state index < -0.39 is 0 Å². The van der Waals surface area contributed by atoms with Crippen molar-refractivity contribution in [2.45, 2.75) is 33.6 Å².